The molecular weight excluding hydrogens is 501 g/mol. The number of nitrogens with zero attached hydrogens (tertiary/aromatic N) is 3. The lowest BCUT2D eigenvalue weighted by Gasteiger charge is -2.11. The molecule has 0 amide bonds. The Bertz CT molecular complexity index is 923. The van der Waals surface area contributed by atoms with Crippen LogP contribution in [0, 0.1) is 0 Å². The quantitative estimate of drug-likeness (QED) is 0.163. The number of aliphatic imine (C=N–C) groups is 1. The summed E-state index contributed by atoms with van der Waals surface area (Å²) < 4.78 is 7.56. The summed E-state index contributed by atoms with van der Waals surface area (Å²) in [5, 5.41) is 6.71. The van der Waals surface area contributed by atoms with Gasteiger partial charge >= 0.3 is 0 Å². The first-order valence-corrected chi connectivity index (χ1v) is 10.9. The Balaban J connectivity index is 0.00000341. The number of aromatic nitrogens is 2. The van der Waals surface area contributed by atoms with E-state index >= 15 is 0 Å². The van der Waals surface area contributed by atoms with Gasteiger partial charge < -0.3 is 19.9 Å². The molecule has 3 aromatic rings. The van der Waals surface area contributed by atoms with Gasteiger partial charge in [0.25, 0.3) is 0 Å². The maximum absolute atomic E-state index is 5.38. The van der Waals surface area contributed by atoms with Crippen molar-refractivity contribution in [3.63, 3.8) is 0 Å². The fraction of sp³-hybridized carbons (Fsp3) is 0.417. The number of unbranched alkanes of at least 4 members (excludes halogenated alkanes) is 1. The highest BCUT2D eigenvalue weighted by atomic mass is 127. The van der Waals surface area contributed by atoms with E-state index in [0.29, 0.717) is 6.54 Å². The van der Waals surface area contributed by atoms with Gasteiger partial charge in [-0.05, 0) is 49.9 Å². The summed E-state index contributed by atoms with van der Waals surface area (Å²) in [6, 6.07) is 16.9. The third kappa shape index (κ3) is 8.14. The van der Waals surface area contributed by atoms with E-state index in [-0.39, 0.29) is 24.0 Å². The van der Waals surface area contributed by atoms with Gasteiger partial charge in [0.05, 0.1) is 23.9 Å². The van der Waals surface area contributed by atoms with Crippen molar-refractivity contribution in [2.45, 2.75) is 39.8 Å². The molecule has 31 heavy (non-hydrogen) atoms. The van der Waals surface area contributed by atoms with Gasteiger partial charge in [0.1, 0.15) is 0 Å². The second kappa shape index (κ2) is 14.0. The van der Waals surface area contributed by atoms with Crippen molar-refractivity contribution in [2.24, 2.45) is 4.99 Å². The summed E-state index contributed by atoms with van der Waals surface area (Å²) in [6.45, 7) is 8.95. The number of halogens is 1. The lowest BCUT2D eigenvalue weighted by atomic mass is 10.1. The van der Waals surface area contributed by atoms with Gasteiger partial charge in [-0.15, -0.1) is 24.0 Å². The standard InChI is InChI=1S/C24H33N5O.HI/c1-3-25-24(26-15-7-8-16-30-4-2)27-17-20-11-13-21(14-12-20)18-29-19-28-22-9-5-6-10-23(22)29;/h5-6,9-14,19H,3-4,7-8,15-18H2,1-2H3,(H2,25,26,27);1H. The zero-order chi connectivity index (χ0) is 21.0. The first kappa shape index (κ1) is 25.1. The normalized spacial score (nSPS) is 11.4. The number of para-hydroxylation sites is 2. The largest absolute Gasteiger partial charge is 0.382 e. The minimum Gasteiger partial charge on any atom is -0.382 e. The molecule has 1 heterocycles. The first-order chi connectivity index (χ1) is 14.8. The molecule has 0 fully saturated rings. The summed E-state index contributed by atoms with van der Waals surface area (Å²) in [6.07, 6.45) is 4.04. The molecule has 0 radical (unpaired) electrons. The zero-order valence-corrected chi connectivity index (χ0v) is 20.8. The minimum absolute atomic E-state index is 0. The van der Waals surface area contributed by atoms with E-state index in [9.17, 15) is 0 Å². The summed E-state index contributed by atoms with van der Waals surface area (Å²) in [5.74, 6) is 0.864. The molecule has 0 aliphatic rings. The number of rotatable bonds is 11. The van der Waals surface area contributed by atoms with Crippen molar-refractivity contribution in [2.75, 3.05) is 26.3 Å². The highest BCUT2D eigenvalue weighted by Gasteiger charge is 2.03. The van der Waals surface area contributed by atoms with E-state index in [1.165, 1.54) is 11.1 Å². The van der Waals surface area contributed by atoms with Crippen molar-refractivity contribution in [1.29, 1.82) is 0 Å². The van der Waals surface area contributed by atoms with Gasteiger partial charge in [-0.25, -0.2) is 9.98 Å². The average molecular weight is 535 g/mol. The molecule has 0 bridgehead atoms. The van der Waals surface area contributed by atoms with E-state index in [2.05, 4.69) is 63.5 Å². The molecular formula is C24H34IN5O. The van der Waals surface area contributed by atoms with Crippen LogP contribution in [-0.2, 0) is 17.8 Å². The summed E-state index contributed by atoms with van der Waals surface area (Å²) >= 11 is 0. The number of hydrogen-bond donors (Lipinski definition) is 2. The van der Waals surface area contributed by atoms with Crippen LogP contribution >= 0.6 is 24.0 Å². The Morgan fingerprint density at radius 1 is 1.00 bits per heavy atom. The van der Waals surface area contributed by atoms with Crippen LogP contribution in [0.15, 0.2) is 59.9 Å². The van der Waals surface area contributed by atoms with Crippen LogP contribution in [-0.4, -0.2) is 41.8 Å². The van der Waals surface area contributed by atoms with E-state index in [4.69, 9.17) is 9.73 Å². The Morgan fingerprint density at radius 3 is 2.55 bits per heavy atom. The molecule has 0 unspecified atom stereocenters. The SMILES string of the molecule is CCNC(=NCc1ccc(Cn2cnc3ccccc32)cc1)NCCCCOCC.I. The van der Waals surface area contributed by atoms with Crippen molar-refractivity contribution in [3.05, 3.63) is 66.0 Å². The van der Waals surface area contributed by atoms with Crippen molar-refractivity contribution in [3.8, 4) is 0 Å². The van der Waals surface area contributed by atoms with E-state index in [1.807, 2.05) is 25.4 Å². The number of benzene rings is 2. The van der Waals surface area contributed by atoms with Crippen LogP contribution < -0.4 is 10.6 Å². The van der Waals surface area contributed by atoms with Gasteiger partial charge in [-0.2, -0.15) is 0 Å². The third-order valence-corrected chi connectivity index (χ3v) is 4.88. The molecule has 6 nitrogen and oxygen atoms in total. The Kier molecular flexibility index (Phi) is 11.4. The van der Waals surface area contributed by atoms with Gasteiger partial charge in [-0.3, -0.25) is 0 Å². The number of fused-ring (bicyclic) bond motifs is 1. The van der Waals surface area contributed by atoms with Crippen LogP contribution in [0.5, 0.6) is 0 Å². The molecule has 3 rings (SSSR count). The van der Waals surface area contributed by atoms with Crippen molar-refractivity contribution < 1.29 is 4.74 Å². The van der Waals surface area contributed by atoms with E-state index in [0.717, 1.165) is 62.7 Å². The Hall–Kier alpha value is -2.13. The number of guanidine groups is 1. The molecule has 2 N–H and O–H groups in total. The van der Waals surface area contributed by atoms with Crippen LogP contribution in [0.3, 0.4) is 0 Å². The Labute approximate surface area is 202 Å². The highest BCUT2D eigenvalue weighted by Crippen LogP contribution is 2.14. The predicted molar refractivity (Wildman–Crippen MR) is 139 cm³/mol. The Morgan fingerprint density at radius 2 is 1.77 bits per heavy atom. The van der Waals surface area contributed by atoms with E-state index in [1.54, 1.807) is 0 Å². The predicted octanol–water partition coefficient (Wildman–Crippen LogP) is 4.57. The molecule has 0 saturated carbocycles. The maximum Gasteiger partial charge on any atom is 0.191 e. The average Bonchev–Trinajstić information content (AvgIpc) is 3.18. The summed E-state index contributed by atoms with van der Waals surface area (Å²) in [5.41, 5.74) is 4.64. The van der Waals surface area contributed by atoms with Crippen LogP contribution in [0.1, 0.15) is 37.8 Å². The molecule has 2 aromatic carbocycles. The third-order valence-electron chi connectivity index (χ3n) is 4.88. The molecule has 0 aliphatic heterocycles. The van der Waals surface area contributed by atoms with Gasteiger partial charge in [0.2, 0.25) is 0 Å². The molecule has 7 heteroatoms. The molecule has 0 saturated heterocycles. The lowest BCUT2D eigenvalue weighted by Crippen LogP contribution is -2.37. The molecule has 0 aliphatic carbocycles. The van der Waals surface area contributed by atoms with Gasteiger partial charge in [0.15, 0.2) is 5.96 Å². The maximum atomic E-state index is 5.38. The topological polar surface area (TPSA) is 63.5 Å². The molecule has 168 valence electrons. The second-order valence-electron chi connectivity index (χ2n) is 7.20. The van der Waals surface area contributed by atoms with Crippen molar-refractivity contribution in [1.82, 2.24) is 20.2 Å². The lowest BCUT2D eigenvalue weighted by molar-refractivity contribution is 0.143. The smallest absolute Gasteiger partial charge is 0.191 e. The summed E-state index contributed by atoms with van der Waals surface area (Å²) in [7, 11) is 0. The monoisotopic (exact) mass is 535 g/mol. The number of imidazole rings is 1. The zero-order valence-electron chi connectivity index (χ0n) is 18.5. The minimum atomic E-state index is 0. The molecule has 0 atom stereocenters. The fourth-order valence-electron chi connectivity index (χ4n) is 3.28. The van der Waals surface area contributed by atoms with Gasteiger partial charge in [0, 0.05) is 32.8 Å². The second-order valence-corrected chi connectivity index (χ2v) is 7.20. The van der Waals surface area contributed by atoms with Crippen molar-refractivity contribution >= 4 is 41.0 Å². The molecule has 0 spiro atoms. The first-order valence-electron chi connectivity index (χ1n) is 10.9. The number of hydrogen-bond acceptors (Lipinski definition) is 3. The fourth-order valence-corrected chi connectivity index (χ4v) is 3.28. The number of ether oxygens (including phenoxy) is 1. The van der Waals surface area contributed by atoms with Crippen LogP contribution in [0.2, 0.25) is 0 Å². The molecule has 1 aromatic heterocycles. The highest BCUT2D eigenvalue weighted by molar-refractivity contribution is 14.0. The van der Waals surface area contributed by atoms with E-state index < -0.39 is 0 Å². The van der Waals surface area contributed by atoms with Crippen LogP contribution in [0.4, 0.5) is 0 Å². The van der Waals surface area contributed by atoms with Gasteiger partial charge in [-0.1, -0.05) is 36.4 Å². The summed E-state index contributed by atoms with van der Waals surface area (Å²) in [4.78, 5) is 9.18. The number of nitrogens with one attached hydrogen (secondary N) is 2. The van der Waals surface area contributed by atoms with Crippen LogP contribution in [0.25, 0.3) is 11.0 Å².